The van der Waals surface area contributed by atoms with Gasteiger partial charge in [-0.15, -0.1) is 0 Å². The molecule has 0 bridgehead atoms. The minimum atomic E-state index is -0.642. The summed E-state index contributed by atoms with van der Waals surface area (Å²) in [6, 6.07) is 0. The fourth-order valence-corrected chi connectivity index (χ4v) is 10.2. The van der Waals surface area contributed by atoms with Gasteiger partial charge >= 0.3 is 11.9 Å². The van der Waals surface area contributed by atoms with Crippen LogP contribution in [0.15, 0.2) is 23.3 Å². The lowest BCUT2D eigenvalue weighted by atomic mass is 9.38. The van der Waals surface area contributed by atoms with Gasteiger partial charge in [-0.05, 0) is 93.5 Å². The van der Waals surface area contributed by atoms with Gasteiger partial charge in [0.2, 0.25) is 0 Å². The van der Waals surface area contributed by atoms with E-state index in [1.165, 1.54) is 20.1 Å². The van der Waals surface area contributed by atoms with Crippen molar-refractivity contribution in [3.8, 4) is 0 Å². The number of carbonyl (C=O) groups is 3. The number of aliphatic hydroxyl groups is 1. The molecule has 0 aliphatic heterocycles. The second-order valence-electron chi connectivity index (χ2n) is 14.9. The third-order valence-electron chi connectivity index (χ3n) is 12.1. The van der Waals surface area contributed by atoms with E-state index < -0.39 is 23.0 Å². The Morgan fingerprint density at radius 3 is 2.20 bits per heavy atom. The van der Waals surface area contributed by atoms with E-state index in [0.717, 1.165) is 49.7 Å². The monoisotopic (exact) mass is 556 g/mol. The molecule has 0 spiro atoms. The molecule has 40 heavy (non-hydrogen) atoms. The molecular formula is C34H52O6. The number of hydrogen-bond acceptors (Lipinski definition) is 6. The summed E-state index contributed by atoms with van der Waals surface area (Å²) >= 11 is 0. The van der Waals surface area contributed by atoms with Crippen LogP contribution in [0.1, 0.15) is 107 Å². The van der Waals surface area contributed by atoms with E-state index in [4.69, 9.17) is 9.47 Å². The third kappa shape index (κ3) is 4.80. The van der Waals surface area contributed by atoms with Crippen LogP contribution in [0.5, 0.6) is 0 Å². The van der Waals surface area contributed by atoms with Gasteiger partial charge in [0.15, 0.2) is 0 Å². The van der Waals surface area contributed by atoms with Crippen LogP contribution in [-0.4, -0.2) is 41.6 Å². The summed E-state index contributed by atoms with van der Waals surface area (Å²) in [7, 11) is 0. The van der Waals surface area contributed by atoms with E-state index in [1.807, 2.05) is 19.9 Å². The largest absolute Gasteiger partial charge is 0.462 e. The van der Waals surface area contributed by atoms with Crippen molar-refractivity contribution in [1.82, 2.24) is 0 Å². The average molecular weight is 557 g/mol. The Morgan fingerprint density at radius 2 is 1.62 bits per heavy atom. The SMILES string of the molecule is CC(=O)O[C@H]1C=C2C(CC[C@H](OC(C)=O)C2(C)C)[C@]2(C=O)CC[C@]3(C)C(C(C)C[C@@H](O)C=C(C)C)CC[C@@]3(C)[C@H]12. The lowest BCUT2D eigenvalue weighted by molar-refractivity contribution is -0.195. The zero-order chi connectivity index (χ0) is 29.8. The first-order chi connectivity index (χ1) is 18.5. The van der Waals surface area contributed by atoms with Crippen molar-refractivity contribution in [1.29, 1.82) is 0 Å². The molecule has 3 saturated carbocycles. The van der Waals surface area contributed by atoms with Gasteiger partial charge in [0.25, 0.3) is 0 Å². The number of rotatable bonds is 7. The fourth-order valence-electron chi connectivity index (χ4n) is 10.2. The summed E-state index contributed by atoms with van der Waals surface area (Å²) in [6.07, 6.45) is 9.93. The van der Waals surface area contributed by atoms with Gasteiger partial charge in [-0.1, -0.05) is 51.8 Å². The number of carbonyl (C=O) groups excluding carboxylic acids is 3. The molecule has 4 rings (SSSR count). The quantitative estimate of drug-likeness (QED) is 0.216. The van der Waals surface area contributed by atoms with Crippen molar-refractivity contribution < 1.29 is 29.0 Å². The van der Waals surface area contributed by atoms with Crippen molar-refractivity contribution in [3.63, 3.8) is 0 Å². The Kier molecular flexibility index (Phi) is 8.30. The van der Waals surface area contributed by atoms with E-state index >= 15 is 0 Å². The Bertz CT molecular complexity index is 1080. The highest BCUT2D eigenvalue weighted by molar-refractivity contribution is 5.69. The molecule has 6 nitrogen and oxygen atoms in total. The molecule has 1 N–H and O–H groups in total. The van der Waals surface area contributed by atoms with Crippen molar-refractivity contribution in [3.05, 3.63) is 23.3 Å². The maximum atomic E-state index is 13.5. The van der Waals surface area contributed by atoms with Crippen LogP contribution in [0.3, 0.4) is 0 Å². The van der Waals surface area contributed by atoms with Gasteiger partial charge < -0.3 is 19.4 Å². The minimum absolute atomic E-state index is 0.0287. The molecule has 0 saturated heterocycles. The highest BCUT2D eigenvalue weighted by atomic mass is 16.5. The van der Waals surface area contributed by atoms with Crippen LogP contribution < -0.4 is 0 Å². The molecule has 0 aromatic carbocycles. The van der Waals surface area contributed by atoms with Gasteiger partial charge in [0.1, 0.15) is 18.5 Å². The number of hydrogen-bond donors (Lipinski definition) is 1. The van der Waals surface area contributed by atoms with Gasteiger partial charge in [0.05, 0.1) is 6.10 Å². The zero-order valence-electron chi connectivity index (χ0n) is 26.2. The van der Waals surface area contributed by atoms with Crippen LogP contribution in [0.25, 0.3) is 0 Å². The summed E-state index contributed by atoms with van der Waals surface area (Å²) in [6.45, 7) is 18.1. The maximum absolute atomic E-state index is 13.5. The van der Waals surface area contributed by atoms with Crippen LogP contribution in [0.2, 0.25) is 0 Å². The summed E-state index contributed by atoms with van der Waals surface area (Å²) in [5.74, 6) is -0.0121. The van der Waals surface area contributed by atoms with Gasteiger partial charge in [-0.25, -0.2) is 0 Å². The maximum Gasteiger partial charge on any atom is 0.303 e. The highest BCUT2D eigenvalue weighted by Gasteiger charge is 2.71. The summed E-state index contributed by atoms with van der Waals surface area (Å²) in [5.41, 5.74) is 0.837. The summed E-state index contributed by atoms with van der Waals surface area (Å²) < 4.78 is 11.9. The first kappa shape index (κ1) is 31.0. The van der Waals surface area contributed by atoms with E-state index in [0.29, 0.717) is 18.3 Å². The predicted molar refractivity (Wildman–Crippen MR) is 155 cm³/mol. The molecule has 3 fully saturated rings. The van der Waals surface area contributed by atoms with Gasteiger partial charge in [-0.2, -0.15) is 0 Å². The second kappa shape index (κ2) is 10.7. The Balaban J connectivity index is 1.79. The van der Waals surface area contributed by atoms with Crippen molar-refractivity contribution in [2.75, 3.05) is 0 Å². The zero-order valence-corrected chi connectivity index (χ0v) is 26.2. The number of aliphatic hydroxyl groups excluding tert-OH is 1. The van der Waals surface area contributed by atoms with Crippen LogP contribution >= 0.6 is 0 Å². The van der Waals surface area contributed by atoms with Crippen LogP contribution in [0, 0.1) is 45.3 Å². The molecule has 224 valence electrons. The van der Waals surface area contributed by atoms with E-state index in [9.17, 15) is 19.5 Å². The molecule has 6 heteroatoms. The Labute approximate surface area is 241 Å². The predicted octanol–water partition coefficient (Wildman–Crippen LogP) is 6.60. The molecule has 3 unspecified atom stereocenters. The lowest BCUT2D eigenvalue weighted by Gasteiger charge is -2.66. The van der Waals surface area contributed by atoms with E-state index in [2.05, 4.69) is 40.7 Å². The average Bonchev–Trinajstić information content (AvgIpc) is 3.10. The van der Waals surface area contributed by atoms with E-state index in [-0.39, 0.29) is 40.7 Å². The van der Waals surface area contributed by atoms with Crippen LogP contribution in [-0.2, 0) is 23.9 Å². The topological polar surface area (TPSA) is 89.9 Å². The molecule has 4 aliphatic carbocycles. The number of allylic oxidation sites excluding steroid dienone is 1. The summed E-state index contributed by atoms with van der Waals surface area (Å²) in [4.78, 5) is 37.9. The third-order valence-corrected chi connectivity index (χ3v) is 12.1. The molecule has 0 amide bonds. The molecule has 4 aliphatic rings. The Morgan fingerprint density at radius 1 is 0.975 bits per heavy atom. The molecule has 10 atom stereocenters. The first-order valence-electron chi connectivity index (χ1n) is 15.4. The standard InChI is InChI=1S/C34H52O6/c1-20(2)16-24(38)17-21(3)25-12-13-33(9)30-28(39-22(4)36)18-27-26(34(30,19-35)15-14-32(25,33)8)10-11-29(31(27,6)7)40-23(5)37/h16,18-19,21,24-26,28-30,38H,10-15,17H2,1-9H3/t21?,24-,25?,26?,28-,29-,30-,32+,33-,34+/m0/s1. The smallest absolute Gasteiger partial charge is 0.303 e. The molecular weight excluding hydrogens is 504 g/mol. The minimum Gasteiger partial charge on any atom is -0.462 e. The normalized spacial score (nSPS) is 41.2. The van der Waals surface area contributed by atoms with Crippen molar-refractivity contribution in [2.45, 2.75) is 126 Å². The van der Waals surface area contributed by atoms with Crippen molar-refractivity contribution >= 4 is 18.2 Å². The lowest BCUT2D eigenvalue weighted by Crippen LogP contribution is -2.65. The molecule has 0 aromatic rings. The van der Waals surface area contributed by atoms with Crippen LogP contribution in [0.4, 0.5) is 0 Å². The van der Waals surface area contributed by atoms with Gasteiger partial charge in [-0.3, -0.25) is 9.59 Å². The number of esters is 2. The second-order valence-corrected chi connectivity index (χ2v) is 14.9. The molecule has 0 radical (unpaired) electrons. The highest BCUT2D eigenvalue weighted by Crippen LogP contribution is 2.75. The number of fused-ring (bicyclic) bond motifs is 5. The Hall–Kier alpha value is -1.95. The van der Waals surface area contributed by atoms with Gasteiger partial charge in [0, 0.05) is 30.6 Å². The fraction of sp³-hybridized carbons (Fsp3) is 0.794. The first-order valence-corrected chi connectivity index (χ1v) is 15.4. The molecule has 0 heterocycles. The molecule has 0 aromatic heterocycles. The number of aldehydes is 1. The summed E-state index contributed by atoms with van der Waals surface area (Å²) in [5, 5.41) is 10.7. The van der Waals surface area contributed by atoms with E-state index in [1.54, 1.807) is 0 Å². The van der Waals surface area contributed by atoms with Crippen molar-refractivity contribution in [2.24, 2.45) is 45.3 Å². The number of ether oxygens (including phenoxy) is 2.